The van der Waals surface area contributed by atoms with E-state index in [1.807, 2.05) is 0 Å². The SMILES string of the molecule is N=C(CCNC(=O)c1cncnc1)c1ccc(Cl)c(Cl)c1. The van der Waals surface area contributed by atoms with E-state index in [1.165, 1.54) is 18.7 Å². The Labute approximate surface area is 131 Å². The number of rotatable bonds is 5. The van der Waals surface area contributed by atoms with Crippen molar-refractivity contribution in [2.45, 2.75) is 6.42 Å². The molecule has 108 valence electrons. The number of carbonyl (C=O) groups excluding carboxylic acids is 1. The molecular formula is C14H12Cl2N4O. The summed E-state index contributed by atoms with van der Waals surface area (Å²) in [6, 6.07) is 5.01. The van der Waals surface area contributed by atoms with E-state index in [0.29, 0.717) is 39.8 Å². The zero-order valence-corrected chi connectivity index (χ0v) is 12.4. The summed E-state index contributed by atoms with van der Waals surface area (Å²) in [5.41, 5.74) is 1.44. The molecule has 2 rings (SSSR count). The third-order valence-electron chi connectivity index (χ3n) is 2.75. The smallest absolute Gasteiger partial charge is 0.254 e. The Balaban J connectivity index is 1.87. The van der Waals surface area contributed by atoms with Crippen LogP contribution in [0.2, 0.25) is 10.0 Å². The van der Waals surface area contributed by atoms with Gasteiger partial charge in [0.1, 0.15) is 6.33 Å². The Hall–Kier alpha value is -1.98. The molecule has 0 aliphatic heterocycles. The van der Waals surface area contributed by atoms with Gasteiger partial charge >= 0.3 is 0 Å². The summed E-state index contributed by atoms with van der Waals surface area (Å²) in [5.74, 6) is -0.266. The second kappa shape index (κ2) is 7.15. The molecule has 0 spiro atoms. The van der Waals surface area contributed by atoms with E-state index in [0.717, 1.165) is 0 Å². The first-order valence-corrected chi connectivity index (χ1v) is 6.89. The van der Waals surface area contributed by atoms with Gasteiger partial charge in [0, 0.05) is 31.1 Å². The van der Waals surface area contributed by atoms with E-state index < -0.39 is 0 Å². The summed E-state index contributed by atoms with van der Waals surface area (Å²) in [5, 5.41) is 11.5. The number of halogens is 2. The number of nitrogens with one attached hydrogen (secondary N) is 2. The average Bonchev–Trinajstić information content (AvgIpc) is 2.50. The van der Waals surface area contributed by atoms with E-state index in [1.54, 1.807) is 18.2 Å². The fourth-order valence-electron chi connectivity index (χ4n) is 1.65. The summed E-state index contributed by atoms with van der Waals surface area (Å²) < 4.78 is 0. The van der Waals surface area contributed by atoms with Crippen molar-refractivity contribution in [3.63, 3.8) is 0 Å². The third kappa shape index (κ3) is 4.24. The van der Waals surface area contributed by atoms with Crippen molar-refractivity contribution < 1.29 is 4.79 Å². The van der Waals surface area contributed by atoms with Gasteiger partial charge in [0.15, 0.2) is 0 Å². The fourth-order valence-corrected chi connectivity index (χ4v) is 1.95. The van der Waals surface area contributed by atoms with Crippen LogP contribution in [0.1, 0.15) is 22.3 Å². The molecule has 0 radical (unpaired) electrons. The zero-order chi connectivity index (χ0) is 15.2. The minimum absolute atomic E-state index is 0.266. The first-order valence-electron chi connectivity index (χ1n) is 6.14. The lowest BCUT2D eigenvalue weighted by Gasteiger charge is -2.07. The van der Waals surface area contributed by atoms with Gasteiger partial charge in [0.25, 0.3) is 5.91 Å². The van der Waals surface area contributed by atoms with Crippen LogP contribution < -0.4 is 5.32 Å². The van der Waals surface area contributed by atoms with Crippen molar-refractivity contribution in [3.05, 3.63) is 58.1 Å². The minimum Gasteiger partial charge on any atom is -0.352 e. The maximum atomic E-state index is 11.8. The largest absolute Gasteiger partial charge is 0.352 e. The molecular weight excluding hydrogens is 311 g/mol. The molecule has 21 heavy (non-hydrogen) atoms. The van der Waals surface area contributed by atoms with Gasteiger partial charge in [-0.25, -0.2) is 9.97 Å². The normalized spacial score (nSPS) is 10.2. The third-order valence-corrected chi connectivity index (χ3v) is 3.49. The summed E-state index contributed by atoms with van der Waals surface area (Å²) in [7, 11) is 0. The topological polar surface area (TPSA) is 78.7 Å². The number of hydrogen-bond donors (Lipinski definition) is 2. The van der Waals surface area contributed by atoms with Crippen LogP contribution in [0, 0.1) is 5.41 Å². The van der Waals surface area contributed by atoms with Gasteiger partial charge in [-0.2, -0.15) is 0 Å². The highest BCUT2D eigenvalue weighted by atomic mass is 35.5. The minimum atomic E-state index is -0.266. The molecule has 1 heterocycles. The maximum Gasteiger partial charge on any atom is 0.254 e. The molecule has 0 aliphatic rings. The highest BCUT2D eigenvalue weighted by Gasteiger charge is 2.08. The Kier molecular flexibility index (Phi) is 5.25. The molecule has 0 atom stereocenters. The Morgan fingerprint density at radius 1 is 1.14 bits per heavy atom. The van der Waals surface area contributed by atoms with Gasteiger partial charge in [-0.3, -0.25) is 4.79 Å². The van der Waals surface area contributed by atoms with Gasteiger partial charge < -0.3 is 10.7 Å². The van der Waals surface area contributed by atoms with Crippen LogP contribution in [-0.2, 0) is 0 Å². The quantitative estimate of drug-likeness (QED) is 0.830. The van der Waals surface area contributed by atoms with E-state index >= 15 is 0 Å². The number of carbonyl (C=O) groups is 1. The summed E-state index contributed by atoms with van der Waals surface area (Å²) in [6.45, 7) is 0.340. The van der Waals surface area contributed by atoms with Gasteiger partial charge in [0.2, 0.25) is 0 Å². The molecule has 7 heteroatoms. The molecule has 2 aromatic rings. The van der Waals surface area contributed by atoms with Gasteiger partial charge in [-0.15, -0.1) is 0 Å². The van der Waals surface area contributed by atoms with Crippen molar-refractivity contribution in [2.24, 2.45) is 0 Å². The van der Waals surface area contributed by atoms with Crippen molar-refractivity contribution in [2.75, 3.05) is 6.54 Å². The lowest BCUT2D eigenvalue weighted by molar-refractivity contribution is 0.0954. The molecule has 5 nitrogen and oxygen atoms in total. The predicted octanol–water partition coefficient (Wildman–Crippen LogP) is 2.97. The second-order valence-electron chi connectivity index (χ2n) is 4.24. The average molecular weight is 323 g/mol. The van der Waals surface area contributed by atoms with Crippen LogP contribution in [-0.4, -0.2) is 28.1 Å². The van der Waals surface area contributed by atoms with Crippen molar-refractivity contribution in [1.29, 1.82) is 5.41 Å². The summed E-state index contributed by atoms with van der Waals surface area (Å²) >= 11 is 11.7. The van der Waals surface area contributed by atoms with Crippen LogP contribution in [0.4, 0.5) is 0 Å². The van der Waals surface area contributed by atoms with Crippen molar-refractivity contribution >= 4 is 34.8 Å². The Morgan fingerprint density at radius 3 is 2.52 bits per heavy atom. The van der Waals surface area contributed by atoms with Crippen molar-refractivity contribution in [1.82, 2.24) is 15.3 Å². The van der Waals surface area contributed by atoms with Gasteiger partial charge in [-0.1, -0.05) is 29.3 Å². The predicted molar refractivity (Wildman–Crippen MR) is 82.3 cm³/mol. The number of nitrogens with zero attached hydrogens (tertiary/aromatic N) is 2. The molecule has 0 saturated heterocycles. The number of aromatic nitrogens is 2. The summed E-state index contributed by atoms with van der Waals surface area (Å²) in [4.78, 5) is 19.3. The second-order valence-corrected chi connectivity index (χ2v) is 5.05. The molecule has 0 saturated carbocycles. The van der Waals surface area contributed by atoms with E-state index in [2.05, 4.69) is 15.3 Å². The lowest BCUT2D eigenvalue weighted by Crippen LogP contribution is -2.26. The fraction of sp³-hybridized carbons (Fsp3) is 0.143. The first kappa shape index (κ1) is 15.4. The lowest BCUT2D eigenvalue weighted by atomic mass is 10.1. The maximum absolute atomic E-state index is 11.8. The van der Waals surface area contributed by atoms with E-state index in [-0.39, 0.29) is 5.91 Å². The van der Waals surface area contributed by atoms with Crippen LogP contribution in [0.25, 0.3) is 0 Å². The molecule has 2 N–H and O–H groups in total. The van der Waals surface area contributed by atoms with Gasteiger partial charge in [0.05, 0.1) is 15.6 Å². The number of amides is 1. The zero-order valence-electron chi connectivity index (χ0n) is 10.9. The highest BCUT2D eigenvalue weighted by molar-refractivity contribution is 6.42. The molecule has 0 fully saturated rings. The molecule has 0 unspecified atom stereocenters. The molecule has 0 bridgehead atoms. The highest BCUT2D eigenvalue weighted by Crippen LogP contribution is 2.23. The molecule has 1 aromatic carbocycles. The van der Waals surface area contributed by atoms with Crippen LogP contribution >= 0.6 is 23.2 Å². The van der Waals surface area contributed by atoms with Gasteiger partial charge in [-0.05, 0) is 17.7 Å². The molecule has 1 amide bonds. The van der Waals surface area contributed by atoms with E-state index in [4.69, 9.17) is 28.6 Å². The Morgan fingerprint density at radius 2 is 1.86 bits per heavy atom. The Bertz CT molecular complexity index is 661. The number of benzene rings is 1. The van der Waals surface area contributed by atoms with E-state index in [9.17, 15) is 4.79 Å². The molecule has 0 aliphatic carbocycles. The van der Waals surface area contributed by atoms with Crippen LogP contribution in [0.5, 0.6) is 0 Å². The first-order chi connectivity index (χ1) is 10.1. The van der Waals surface area contributed by atoms with Crippen LogP contribution in [0.15, 0.2) is 36.9 Å². The van der Waals surface area contributed by atoms with Crippen molar-refractivity contribution in [3.8, 4) is 0 Å². The summed E-state index contributed by atoms with van der Waals surface area (Å²) in [6.07, 6.45) is 4.62. The number of hydrogen-bond acceptors (Lipinski definition) is 4. The van der Waals surface area contributed by atoms with Crippen LogP contribution in [0.3, 0.4) is 0 Å². The monoisotopic (exact) mass is 322 g/mol. The molecule has 1 aromatic heterocycles. The standard InChI is InChI=1S/C14H12Cl2N4O/c15-11-2-1-9(5-12(11)16)13(17)3-4-20-14(21)10-6-18-8-19-7-10/h1-2,5-8,17H,3-4H2,(H,20,21).